The Hall–Kier alpha value is -2.36. The monoisotopic (exact) mass is 500 g/mol. The van der Waals surface area contributed by atoms with Gasteiger partial charge in [-0.1, -0.05) is 24.3 Å². The molecule has 3 N–H and O–H groups in total. The minimum atomic E-state index is -0.227. The molecule has 0 saturated carbocycles. The summed E-state index contributed by atoms with van der Waals surface area (Å²) in [6.07, 6.45) is 0. The summed E-state index contributed by atoms with van der Waals surface area (Å²) in [5.74, 6) is 0.899. The van der Waals surface area contributed by atoms with Crippen LogP contribution in [0.4, 0.5) is 4.39 Å². The lowest BCUT2D eigenvalue weighted by Crippen LogP contribution is -2.42. The van der Waals surface area contributed by atoms with Crippen LogP contribution in [0.5, 0.6) is 5.75 Å². The van der Waals surface area contributed by atoms with Gasteiger partial charge in [0.05, 0.1) is 13.7 Å². The van der Waals surface area contributed by atoms with Gasteiger partial charge in [0, 0.05) is 20.1 Å². The second-order valence-corrected chi connectivity index (χ2v) is 5.99. The van der Waals surface area contributed by atoms with Gasteiger partial charge in [-0.2, -0.15) is 0 Å². The molecule has 0 heterocycles. The molecular formula is C20H26FIN4O2. The molecule has 152 valence electrons. The third-order valence-electron chi connectivity index (χ3n) is 3.97. The number of nitrogens with one attached hydrogen (secondary N) is 3. The largest absolute Gasteiger partial charge is 0.497 e. The minimum absolute atomic E-state index is 0. The van der Waals surface area contributed by atoms with Crippen LogP contribution in [0.2, 0.25) is 0 Å². The third-order valence-corrected chi connectivity index (χ3v) is 3.97. The Labute approximate surface area is 182 Å². The molecule has 0 radical (unpaired) electrons. The third kappa shape index (κ3) is 7.71. The first-order valence-corrected chi connectivity index (χ1v) is 8.61. The van der Waals surface area contributed by atoms with E-state index in [2.05, 4.69) is 20.9 Å². The van der Waals surface area contributed by atoms with Crippen molar-refractivity contribution in [3.8, 4) is 5.75 Å². The van der Waals surface area contributed by atoms with E-state index in [0.29, 0.717) is 24.6 Å². The van der Waals surface area contributed by atoms with Crippen molar-refractivity contribution in [1.82, 2.24) is 16.0 Å². The molecule has 6 nitrogen and oxygen atoms in total. The SMILES string of the molecule is CN=C(NCC(=O)NCc1ccc(OC)cc1)NCc1ccc(F)c(C)c1.I. The number of nitrogens with zero attached hydrogens (tertiary/aromatic N) is 1. The number of aryl methyl sites for hydroxylation is 1. The molecule has 0 atom stereocenters. The fraction of sp³-hybridized carbons (Fsp3) is 0.300. The molecule has 0 saturated heterocycles. The number of amides is 1. The molecule has 0 aromatic heterocycles. The lowest BCUT2D eigenvalue weighted by atomic mass is 10.1. The Morgan fingerprint density at radius 1 is 1.04 bits per heavy atom. The summed E-state index contributed by atoms with van der Waals surface area (Å²) in [7, 11) is 3.24. The summed E-state index contributed by atoms with van der Waals surface area (Å²) in [6, 6.07) is 12.4. The molecule has 0 fully saturated rings. The van der Waals surface area contributed by atoms with Crippen LogP contribution in [0.3, 0.4) is 0 Å². The van der Waals surface area contributed by atoms with Crippen molar-refractivity contribution < 1.29 is 13.9 Å². The topological polar surface area (TPSA) is 74.8 Å². The average Bonchev–Trinajstić information content (AvgIpc) is 2.69. The average molecular weight is 500 g/mol. The molecule has 0 aliphatic carbocycles. The second-order valence-electron chi connectivity index (χ2n) is 5.99. The molecule has 2 aromatic rings. The standard InChI is InChI=1S/C20H25FN4O2.HI/c1-14-10-16(6-9-18(14)21)12-24-20(22-2)25-13-19(26)23-11-15-4-7-17(27-3)8-5-15;/h4-10H,11-13H2,1-3H3,(H,23,26)(H2,22,24,25);1H. The van der Waals surface area contributed by atoms with Crippen molar-refractivity contribution in [2.45, 2.75) is 20.0 Å². The predicted octanol–water partition coefficient (Wildman–Crippen LogP) is 2.74. The van der Waals surface area contributed by atoms with Gasteiger partial charge in [0.25, 0.3) is 0 Å². The van der Waals surface area contributed by atoms with E-state index in [-0.39, 0.29) is 42.2 Å². The van der Waals surface area contributed by atoms with E-state index in [9.17, 15) is 9.18 Å². The van der Waals surface area contributed by atoms with E-state index in [1.54, 1.807) is 33.2 Å². The van der Waals surface area contributed by atoms with E-state index in [0.717, 1.165) is 16.9 Å². The molecule has 1 amide bonds. The van der Waals surface area contributed by atoms with Crippen molar-refractivity contribution in [1.29, 1.82) is 0 Å². The number of carbonyl (C=O) groups is 1. The van der Waals surface area contributed by atoms with E-state index in [4.69, 9.17) is 4.74 Å². The van der Waals surface area contributed by atoms with Crippen LogP contribution in [-0.2, 0) is 17.9 Å². The fourth-order valence-corrected chi connectivity index (χ4v) is 2.39. The van der Waals surface area contributed by atoms with Crippen LogP contribution in [0.1, 0.15) is 16.7 Å². The van der Waals surface area contributed by atoms with Crippen LogP contribution < -0.4 is 20.7 Å². The molecule has 2 rings (SSSR count). The number of methoxy groups -OCH3 is 1. The summed E-state index contributed by atoms with van der Waals surface area (Å²) in [5, 5.41) is 8.89. The molecule has 0 unspecified atom stereocenters. The lowest BCUT2D eigenvalue weighted by Gasteiger charge is -2.12. The smallest absolute Gasteiger partial charge is 0.239 e. The van der Waals surface area contributed by atoms with Crippen molar-refractivity contribution in [2.24, 2.45) is 4.99 Å². The Kier molecular flexibility index (Phi) is 10.3. The minimum Gasteiger partial charge on any atom is -0.497 e. The molecule has 0 bridgehead atoms. The molecule has 0 aliphatic rings. The van der Waals surface area contributed by atoms with Gasteiger partial charge in [-0.3, -0.25) is 9.79 Å². The van der Waals surface area contributed by atoms with Crippen molar-refractivity contribution >= 4 is 35.8 Å². The number of hydrogen-bond acceptors (Lipinski definition) is 3. The summed E-state index contributed by atoms with van der Waals surface area (Å²) >= 11 is 0. The fourth-order valence-electron chi connectivity index (χ4n) is 2.39. The van der Waals surface area contributed by atoms with Gasteiger partial charge in [0.15, 0.2) is 5.96 Å². The van der Waals surface area contributed by atoms with Crippen LogP contribution in [0, 0.1) is 12.7 Å². The van der Waals surface area contributed by atoms with Crippen molar-refractivity contribution in [3.63, 3.8) is 0 Å². The Morgan fingerprint density at radius 2 is 1.68 bits per heavy atom. The van der Waals surface area contributed by atoms with E-state index in [1.165, 1.54) is 6.07 Å². The van der Waals surface area contributed by atoms with E-state index >= 15 is 0 Å². The van der Waals surface area contributed by atoms with Gasteiger partial charge < -0.3 is 20.7 Å². The maximum Gasteiger partial charge on any atom is 0.239 e. The lowest BCUT2D eigenvalue weighted by molar-refractivity contribution is -0.120. The zero-order valence-electron chi connectivity index (χ0n) is 16.2. The Morgan fingerprint density at radius 3 is 2.29 bits per heavy atom. The van der Waals surface area contributed by atoms with Crippen LogP contribution in [-0.4, -0.2) is 32.6 Å². The summed E-state index contributed by atoms with van der Waals surface area (Å²) in [5.41, 5.74) is 2.51. The van der Waals surface area contributed by atoms with E-state index < -0.39 is 0 Å². The molecule has 0 spiro atoms. The first-order chi connectivity index (χ1) is 13.0. The van der Waals surface area contributed by atoms with Crippen LogP contribution >= 0.6 is 24.0 Å². The molecule has 8 heteroatoms. The predicted molar refractivity (Wildman–Crippen MR) is 120 cm³/mol. The quantitative estimate of drug-likeness (QED) is 0.311. The number of aliphatic imine (C=N–C) groups is 1. The normalized spacial score (nSPS) is 10.6. The van der Waals surface area contributed by atoms with Gasteiger partial charge >= 0.3 is 0 Å². The molecule has 2 aromatic carbocycles. The number of guanidine groups is 1. The number of carbonyl (C=O) groups excluding carboxylic acids is 1. The highest BCUT2D eigenvalue weighted by Crippen LogP contribution is 2.11. The first kappa shape index (κ1) is 23.7. The van der Waals surface area contributed by atoms with E-state index in [1.807, 2.05) is 24.3 Å². The highest BCUT2D eigenvalue weighted by Gasteiger charge is 2.05. The van der Waals surface area contributed by atoms with Crippen LogP contribution in [0.25, 0.3) is 0 Å². The van der Waals surface area contributed by atoms with Gasteiger partial charge in [0.1, 0.15) is 11.6 Å². The van der Waals surface area contributed by atoms with Gasteiger partial charge in [-0.25, -0.2) is 4.39 Å². The number of halogens is 2. The molecule has 0 aliphatic heterocycles. The van der Waals surface area contributed by atoms with Crippen molar-refractivity contribution in [2.75, 3.05) is 20.7 Å². The first-order valence-electron chi connectivity index (χ1n) is 8.61. The number of hydrogen-bond donors (Lipinski definition) is 3. The summed E-state index contributed by atoms with van der Waals surface area (Å²) < 4.78 is 18.4. The maximum absolute atomic E-state index is 13.3. The number of benzene rings is 2. The molecule has 28 heavy (non-hydrogen) atoms. The Bertz CT molecular complexity index is 797. The highest BCUT2D eigenvalue weighted by molar-refractivity contribution is 14.0. The zero-order chi connectivity index (χ0) is 19.6. The Balaban J connectivity index is 0.00000392. The van der Waals surface area contributed by atoms with Gasteiger partial charge in [-0.15, -0.1) is 24.0 Å². The molecular weight excluding hydrogens is 474 g/mol. The van der Waals surface area contributed by atoms with Gasteiger partial charge in [0.2, 0.25) is 5.91 Å². The van der Waals surface area contributed by atoms with Crippen molar-refractivity contribution in [3.05, 3.63) is 65.0 Å². The summed E-state index contributed by atoms with van der Waals surface area (Å²) in [6.45, 7) is 2.73. The summed E-state index contributed by atoms with van der Waals surface area (Å²) in [4.78, 5) is 16.1. The zero-order valence-corrected chi connectivity index (χ0v) is 18.5. The van der Waals surface area contributed by atoms with Gasteiger partial charge in [-0.05, 0) is 41.8 Å². The number of rotatable bonds is 7. The number of ether oxygens (including phenoxy) is 1. The van der Waals surface area contributed by atoms with Crippen LogP contribution in [0.15, 0.2) is 47.5 Å². The second kappa shape index (κ2) is 12.2. The highest BCUT2D eigenvalue weighted by atomic mass is 127. The maximum atomic E-state index is 13.3.